The van der Waals surface area contributed by atoms with E-state index in [9.17, 15) is 9.90 Å². The smallest absolute Gasteiger partial charge is 0.252 e. The number of hydrogen-bond acceptors (Lipinski definition) is 4. The van der Waals surface area contributed by atoms with E-state index in [0.29, 0.717) is 23.1 Å². The molecule has 6 heteroatoms. The largest absolute Gasteiger partial charge is 0.477 e. The van der Waals surface area contributed by atoms with Gasteiger partial charge in [0.2, 0.25) is 5.88 Å². The number of rotatable bonds is 7. The lowest BCUT2D eigenvalue weighted by molar-refractivity contribution is 0.0850. The molecule has 0 aliphatic heterocycles. The Balaban J connectivity index is 2.62. The van der Waals surface area contributed by atoms with E-state index in [1.807, 2.05) is 20.8 Å². The number of amides is 1. The molecule has 0 fully saturated rings. The summed E-state index contributed by atoms with van der Waals surface area (Å²) in [5, 5.41) is 12.8. The summed E-state index contributed by atoms with van der Waals surface area (Å²) in [5.74, 6) is 0.132. The molecule has 1 rings (SSSR count). The lowest BCUT2D eigenvalue weighted by Crippen LogP contribution is -2.35. The Morgan fingerprint density at radius 1 is 1.55 bits per heavy atom. The van der Waals surface area contributed by atoms with Crippen LogP contribution in [0, 0.1) is 5.92 Å². The van der Waals surface area contributed by atoms with Crippen LogP contribution in [-0.4, -0.2) is 35.3 Å². The van der Waals surface area contributed by atoms with Crippen LogP contribution in [0.2, 0.25) is 5.02 Å². The van der Waals surface area contributed by atoms with Gasteiger partial charge in [0.25, 0.3) is 5.91 Å². The molecule has 2 N–H and O–H groups in total. The standard InChI is InChI=1S/C14H21ClN2O3/c1-4-9(3)12(18)8-16-13(19)10-6-11(15)14(17-7-10)20-5-2/h6-7,9,12,18H,4-5,8H2,1-3H3,(H,16,19). The normalized spacial score (nSPS) is 13.7. The molecule has 0 aromatic carbocycles. The fraction of sp³-hybridized carbons (Fsp3) is 0.571. The van der Waals surface area contributed by atoms with Crippen LogP contribution in [0.15, 0.2) is 12.3 Å². The van der Waals surface area contributed by atoms with Gasteiger partial charge in [0, 0.05) is 12.7 Å². The van der Waals surface area contributed by atoms with Crippen LogP contribution in [0.4, 0.5) is 0 Å². The molecule has 1 amide bonds. The van der Waals surface area contributed by atoms with Crippen molar-refractivity contribution in [3.63, 3.8) is 0 Å². The minimum Gasteiger partial charge on any atom is -0.477 e. The number of nitrogens with one attached hydrogen (secondary N) is 1. The highest BCUT2D eigenvalue weighted by Crippen LogP contribution is 2.22. The number of aliphatic hydroxyl groups excluding tert-OH is 1. The van der Waals surface area contributed by atoms with E-state index in [4.69, 9.17) is 16.3 Å². The molecule has 0 radical (unpaired) electrons. The summed E-state index contributed by atoms with van der Waals surface area (Å²) < 4.78 is 5.20. The topological polar surface area (TPSA) is 71.5 Å². The third-order valence-electron chi connectivity index (χ3n) is 3.12. The number of hydrogen-bond donors (Lipinski definition) is 2. The van der Waals surface area contributed by atoms with Crippen LogP contribution in [0.25, 0.3) is 0 Å². The van der Waals surface area contributed by atoms with Crippen molar-refractivity contribution in [2.75, 3.05) is 13.2 Å². The van der Waals surface area contributed by atoms with Crippen LogP contribution in [0.3, 0.4) is 0 Å². The summed E-state index contributed by atoms with van der Waals surface area (Å²) in [6.45, 7) is 6.42. The SMILES string of the molecule is CCOc1ncc(C(=O)NCC(O)C(C)CC)cc1Cl. The lowest BCUT2D eigenvalue weighted by atomic mass is 10.0. The van der Waals surface area contributed by atoms with Gasteiger partial charge in [-0.1, -0.05) is 31.9 Å². The molecule has 1 aromatic rings. The molecule has 0 aliphatic carbocycles. The number of carbonyl (C=O) groups excluding carboxylic acids is 1. The highest BCUT2D eigenvalue weighted by molar-refractivity contribution is 6.32. The molecule has 5 nitrogen and oxygen atoms in total. The second-order valence-corrected chi connectivity index (χ2v) is 5.01. The van der Waals surface area contributed by atoms with Crippen molar-refractivity contribution in [2.24, 2.45) is 5.92 Å². The molecule has 20 heavy (non-hydrogen) atoms. The van der Waals surface area contributed by atoms with E-state index < -0.39 is 6.10 Å². The Kier molecular flexibility index (Phi) is 6.75. The van der Waals surface area contributed by atoms with Crippen molar-refractivity contribution in [2.45, 2.75) is 33.3 Å². The molecular weight excluding hydrogens is 280 g/mol. The van der Waals surface area contributed by atoms with Crippen molar-refractivity contribution in [1.82, 2.24) is 10.3 Å². The first-order valence-corrected chi connectivity index (χ1v) is 7.11. The Bertz CT molecular complexity index is 454. The molecule has 0 bridgehead atoms. The van der Waals surface area contributed by atoms with Crippen molar-refractivity contribution >= 4 is 17.5 Å². The molecular formula is C14H21ClN2O3. The molecule has 0 aliphatic rings. The Morgan fingerprint density at radius 3 is 2.80 bits per heavy atom. The van der Waals surface area contributed by atoms with E-state index in [1.54, 1.807) is 0 Å². The first kappa shape index (κ1) is 16.7. The maximum Gasteiger partial charge on any atom is 0.252 e. The van der Waals surface area contributed by atoms with E-state index in [1.165, 1.54) is 12.3 Å². The number of halogens is 1. The monoisotopic (exact) mass is 300 g/mol. The van der Waals surface area contributed by atoms with Gasteiger partial charge in [0.15, 0.2) is 0 Å². The minimum absolute atomic E-state index is 0.136. The number of pyridine rings is 1. The summed E-state index contributed by atoms with van der Waals surface area (Å²) in [5.41, 5.74) is 0.342. The molecule has 1 heterocycles. The maximum atomic E-state index is 11.9. The lowest BCUT2D eigenvalue weighted by Gasteiger charge is -2.17. The summed E-state index contributed by atoms with van der Waals surface area (Å²) >= 11 is 5.97. The van der Waals surface area contributed by atoms with Gasteiger partial charge in [-0.15, -0.1) is 0 Å². The molecule has 112 valence electrons. The number of nitrogens with zero attached hydrogens (tertiary/aromatic N) is 1. The average molecular weight is 301 g/mol. The van der Waals surface area contributed by atoms with Gasteiger partial charge in [-0.05, 0) is 18.9 Å². The van der Waals surface area contributed by atoms with Crippen LogP contribution in [0.1, 0.15) is 37.6 Å². The first-order chi connectivity index (χ1) is 9.49. The van der Waals surface area contributed by atoms with E-state index in [2.05, 4.69) is 10.3 Å². The quantitative estimate of drug-likeness (QED) is 0.810. The van der Waals surface area contributed by atoms with Gasteiger partial charge >= 0.3 is 0 Å². The van der Waals surface area contributed by atoms with Gasteiger partial charge in [-0.25, -0.2) is 4.98 Å². The molecule has 0 saturated carbocycles. The second kappa shape index (κ2) is 8.07. The van der Waals surface area contributed by atoms with Gasteiger partial charge in [0.1, 0.15) is 5.02 Å². The number of aromatic nitrogens is 1. The van der Waals surface area contributed by atoms with Crippen LogP contribution < -0.4 is 10.1 Å². The van der Waals surface area contributed by atoms with E-state index >= 15 is 0 Å². The third kappa shape index (κ3) is 4.65. The highest BCUT2D eigenvalue weighted by atomic mass is 35.5. The van der Waals surface area contributed by atoms with Gasteiger partial charge in [0.05, 0.1) is 18.3 Å². The Labute approximate surface area is 124 Å². The summed E-state index contributed by atoms with van der Waals surface area (Å²) in [6, 6.07) is 1.50. The first-order valence-electron chi connectivity index (χ1n) is 6.74. The number of carbonyl (C=O) groups is 1. The fourth-order valence-electron chi connectivity index (χ4n) is 1.57. The molecule has 1 aromatic heterocycles. The second-order valence-electron chi connectivity index (χ2n) is 4.61. The van der Waals surface area contributed by atoms with Gasteiger partial charge in [-0.3, -0.25) is 4.79 Å². The number of ether oxygens (including phenoxy) is 1. The maximum absolute atomic E-state index is 11.9. The van der Waals surface area contributed by atoms with Crippen molar-refractivity contribution < 1.29 is 14.6 Å². The predicted octanol–water partition coefficient (Wildman–Crippen LogP) is 2.27. The van der Waals surface area contributed by atoms with Crippen LogP contribution >= 0.6 is 11.6 Å². The van der Waals surface area contributed by atoms with Crippen molar-refractivity contribution in [3.8, 4) is 5.88 Å². The molecule has 0 spiro atoms. The fourth-order valence-corrected chi connectivity index (χ4v) is 1.79. The van der Waals surface area contributed by atoms with Crippen molar-refractivity contribution in [3.05, 3.63) is 22.8 Å². The van der Waals surface area contributed by atoms with Crippen LogP contribution in [0.5, 0.6) is 5.88 Å². The summed E-state index contributed by atoms with van der Waals surface area (Å²) in [4.78, 5) is 15.9. The molecule has 2 atom stereocenters. The van der Waals surface area contributed by atoms with Gasteiger partial charge < -0.3 is 15.2 Å². The van der Waals surface area contributed by atoms with Crippen molar-refractivity contribution in [1.29, 1.82) is 0 Å². The average Bonchev–Trinajstić information content (AvgIpc) is 2.45. The zero-order chi connectivity index (χ0) is 15.1. The molecule has 2 unspecified atom stereocenters. The van der Waals surface area contributed by atoms with Gasteiger partial charge in [-0.2, -0.15) is 0 Å². The molecule has 0 saturated heterocycles. The predicted molar refractivity (Wildman–Crippen MR) is 78.2 cm³/mol. The zero-order valence-corrected chi connectivity index (χ0v) is 12.8. The van der Waals surface area contributed by atoms with E-state index in [0.717, 1.165) is 6.42 Å². The van der Waals surface area contributed by atoms with Crippen LogP contribution in [-0.2, 0) is 0 Å². The Morgan fingerprint density at radius 2 is 2.25 bits per heavy atom. The third-order valence-corrected chi connectivity index (χ3v) is 3.39. The van der Waals surface area contributed by atoms with E-state index in [-0.39, 0.29) is 18.4 Å². The highest BCUT2D eigenvalue weighted by Gasteiger charge is 2.15. The number of aliphatic hydroxyl groups is 1. The Hall–Kier alpha value is -1.33. The minimum atomic E-state index is -0.560. The zero-order valence-electron chi connectivity index (χ0n) is 12.0. The summed E-state index contributed by atoms with van der Waals surface area (Å²) in [6.07, 6.45) is 1.70. The summed E-state index contributed by atoms with van der Waals surface area (Å²) in [7, 11) is 0.